The van der Waals surface area contributed by atoms with Crippen molar-refractivity contribution in [1.29, 1.82) is 0 Å². The summed E-state index contributed by atoms with van der Waals surface area (Å²) in [7, 11) is 0. The van der Waals surface area contributed by atoms with Crippen LogP contribution >= 0.6 is 11.8 Å². The van der Waals surface area contributed by atoms with E-state index < -0.39 is 0 Å². The zero-order chi connectivity index (χ0) is 13.7. The van der Waals surface area contributed by atoms with Gasteiger partial charge in [-0.05, 0) is 18.4 Å². The van der Waals surface area contributed by atoms with E-state index in [2.05, 4.69) is 9.88 Å². The zero-order valence-corrected chi connectivity index (χ0v) is 12.0. The molecular weight excluding hydrogens is 260 g/mol. The number of nitrogen functional groups attached to an aromatic ring is 1. The summed E-state index contributed by atoms with van der Waals surface area (Å²) >= 11 is 1.71. The minimum Gasteiger partial charge on any atom is -0.397 e. The number of pyridine rings is 1. The molecule has 1 aromatic rings. The summed E-state index contributed by atoms with van der Waals surface area (Å²) in [5.74, 6) is 2.10. The molecule has 0 aromatic carbocycles. The van der Waals surface area contributed by atoms with Crippen LogP contribution in [0, 0.1) is 0 Å². The molecule has 1 aliphatic heterocycles. The Morgan fingerprint density at radius 1 is 1.37 bits per heavy atom. The Bertz CT molecular complexity index is 415. The van der Waals surface area contributed by atoms with Crippen molar-refractivity contribution in [2.24, 2.45) is 0 Å². The van der Waals surface area contributed by atoms with Gasteiger partial charge in [-0.1, -0.05) is 0 Å². The van der Waals surface area contributed by atoms with Gasteiger partial charge >= 0.3 is 0 Å². The number of aromatic nitrogens is 1. The molecule has 0 aliphatic carbocycles. The van der Waals surface area contributed by atoms with Crippen molar-refractivity contribution in [3.63, 3.8) is 0 Å². The number of hydrogen-bond donors (Lipinski definition) is 1. The van der Waals surface area contributed by atoms with Crippen molar-refractivity contribution >= 4 is 29.2 Å². The normalized spacial score (nSPS) is 15.6. The highest BCUT2D eigenvalue weighted by Crippen LogP contribution is 2.15. The number of rotatable bonds is 4. The molecule has 0 spiro atoms. The summed E-state index contributed by atoms with van der Waals surface area (Å²) in [5, 5.41) is 0. The molecule has 1 aliphatic rings. The van der Waals surface area contributed by atoms with Crippen LogP contribution in [0.2, 0.25) is 0 Å². The first-order valence-electron chi connectivity index (χ1n) is 6.44. The fourth-order valence-electron chi connectivity index (χ4n) is 2.12. The lowest BCUT2D eigenvalue weighted by Gasteiger charge is -2.35. The lowest BCUT2D eigenvalue weighted by atomic mass is 10.2. The number of amides is 1. The van der Waals surface area contributed by atoms with Gasteiger partial charge in [-0.3, -0.25) is 4.79 Å². The first kappa shape index (κ1) is 14.0. The molecule has 0 saturated carbocycles. The van der Waals surface area contributed by atoms with Gasteiger partial charge in [-0.2, -0.15) is 11.8 Å². The van der Waals surface area contributed by atoms with Crippen LogP contribution in [-0.4, -0.2) is 54.0 Å². The first-order valence-corrected chi connectivity index (χ1v) is 7.83. The highest BCUT2D eigenvalue weighted by atomic mass is 32.2. The Balaban J connectivity index is 1.85. The number of carbonyl (C=O) groups excluding carboxylic acids is 1. The van der Waals surface area contributed by atoms with E-state index in [0.717, 1.165) is 37.7 Å². The number of thioether (sulfide) groups is 1. The maximum absolute atomic E-state index is 11.9. The van der Waals surface area contributed by atoms with E-state index in [4.69, 9.17) is 5.73 Å². The van der Waals surface area contributed by atoms with Gasteiger partial charge in [0.05, 0.1) is 11.9 Å². The fraction of sp³-hybridized carbons (Fsp3) is 0.538. The third-order valence-electron chi connectivity index (χ3n) is 3.25. The second-order valence-corrected chi connectivity index (χ2v) is 5.55. The Morgan fingerprint density at radius 2 is 2.11 bits per heavy atom. The minimum absolute atomic E-state index is 0.263. The Hall–Kier alpha value is -1.43. The number of piperazine rings is 1. The third-order valence-corrected chi connectivity index (χ3v) is 3.86. The minimum atomic E-state index is 0.263. The molecule has 1 aromatic heterocycles. The molecule has 0 atom stereocenters. The van der Waals surface area contributed by atoms with Gasteiger partial charge in [0, 0.05) is 38.4 Å². The van der Waals surface area contributed by atoms with E-state index in [0.29, 0.717) is 12.1 Å². The van der Waals surface area contributed by atoms with Crippen molar-refractivity contribution in [1.82, 2.24) is 9.88 Å². The number of nitrogens with two attached hydrogens (primary N) is 1. The molecule has 0 radical (unpaired) electrons. The smallest absolute Gasteiger partial charge is 0.223 e. The maximum Gasteiger partial charge on any atom is 0.223 e. The molecule has 1 fully saturated rings. The summed E-state index contributed by atoms with van der Waals surface area (Å²) in [4.78, 5) is 20.4. The maximum atomic E-state index is 11.9. The molecule has 2 heterocycles. The predicted molar refractivity (Wildman–Crippen MR) is 80.4 cm³/mol. The van der Waals surface area contributed by atoms with E-state index in [-0.39, 0.29) is 5.91 Å². The Labute approximate surface area is 118 Å². The van der Waals surface area contributed by atoms with Crippen molar-refractivity contribution in [2.75, 3.05) is 48.8 Å². The summed E-state index contributed by atoms with van der Waals surface area (Å²) < 4.78 is 0. The summed E-state index contributed by atoms with van der Waals surface area (Å²) in [5.41, 5.74) is 6.30. The average Bonchev–Trinajstić information content (AvgIpc) is 2.46. The molecule has 2 rings (SSSR count). The number of hydrogen-bond acceptors (Lipinski definition) is 5. The van der Waals surface area contributed by atoms with Gasteiger partial charge in [0.25, 0.3) is 0 Å². The van der Waals surface area contributed by atoms with E-state index in [9.17, 15) is 4.79 Å². The second kappa shape index (κ2) is 6.65. The first-order chi connectivity index (χ1) is 9.20. The van der Waals surface area contributed by atoms with E-state index in [1.54, 1.807) is 18.0 Å². The van der Waals surface area contributed by atoms with Crippen LogP contribution in [0.5, 0.6) is 0 Å². The van der Waals surface area contributed by atoms with Crippen LogP contribution in [0.3, 0.4) is 0 Å². The zero-order valence-electron chi connectivity index (χ0n) is 11.2. The van der Waals surface area contributed by atoms with Crippen molar-refractivity contribution in [3.05, 3.63) is 18.3 Å². The van der Waals surface area contributed by atoms with Gasteiger partial charge < -0.3 is 15.5 Å². The number of anilines is 2. The lowest BCUT2D eigenvalue weighted by Crippen LogP contribution is -2.49. The van der Waals surface area contributed by atoms with Crippen molar-refractivity contribution < 1.29 is 4.79 Å². The molecule has 5 nitrogen and oxygen atoms in total. The van der Waals surface area contributed by atoms with Crippen LogP contribution in [0.25, 0.3) is 0 Å². The predicted octanol–water partition coefficient (Wildman–Crippen LogP) is 1.07. The lowest BCUT2D eigenvalue weighted by molar-refractivity contribution is -0.131. The van der Waals surface area contributed by atoms with E-state index in [1.165, 1.54) is 0 Å². The number of carbonyl (C=O) groups is 1. The molecule has 0 bridgehead atoms. The summed E-state index contributed by atoms with van der Waals surface area (Å²) in [6.07, 6.45) is 4.34. The monoisotopic (exact) mass is 280 g/mol. The average molecular weight is 280 g/mol. The molecule has 1 amide bonds. The number of nitrogens with zero attached hydrogens (tertiary/aromatic N) is 3. The molecule has 0 unspecified atom stereocenters. The van der Waals surface area contributed by atoms with Crippen LogP contribution < -0.4 is 10.6 Å². The largest absolute Gasteiger partial charge is 0.397 e. The van der Waals surface area contributed by atoms with Gasteiger partial charge in [0.2, 0.25) is 5.91 Å². The standard InChI is InChI=1S/C13H20N4OS/c1-19-9-4-13(18)17-7-5-16(6-8-17)12-3-2-11(14)10-15-12/h2-3,10H,4-9,14H2,1H3. The van der Waals surface area contributed by atoms with Gasteiger partial charge in [-0.25, -0.2) is 4.98 Å². The fourth-order valence-corrected chi connectivity index (χ4v) is 2.50. The van der Waals surface area contributed by atoms with Gasteiger partial charge in [0.1, 0.15) is 5.82 Å². The van der Waals surface area contributed by atoms with Crippen LogP contribution in [0.4, 0.5) is 11.5 Å². The summed E-state index contributed by atoms with van der Waals surface area (Å²) in [6.45, 7) is 3.22. The molecule has 6 heteroatoms. The van der Waals surface area contributed by atoms with Crippen molar-refractivity contribution in [2.45, 2.75) is 6.42 Å². The Morgan fingerprint density at radius 3 is 2.68 bits per heavy atom. The molecule has 19 heavy (non-hydrogen) atoms. The third kappa shape index (κ3) is 3.76. The van der Waals surface area contributed by atoms with Crippen LogP contribution in [-0.2, 0) is 4.79 Å². The second-order valence-electron chi connectivity index (χ2n) is 4.56. The quantitative estimate of drug-likeness (QED) is 0.893. The van der Waals surface area contributed by atoms with Gasteiger partial charge in [-0.15, -0.1) is 0 Å². The molecular formula is C13H20N4OS. The Kier molecular flexibility index (Phi) is 4.90. The molecule has 1 saturated heterocycles. The van der Waals surface area contributed by atoms with E-state index >= 15 is 0 Å². The van der Waals surface area contributed by atoms with Crippen LogP contribution in [0.1, 0.15) is 6.42 Å². The van der Waals surface area contributed by atoms with E-state index in [1.807, 2.05) is 23.3 Å². The SMILES string of the molecule is CSCCC(=O)N1CCN(c2ccc(N)cn2)CC1. The van der Waals surface area contributed by atoms with Crippen molar-refractivity contribution in [3.8, 4) is 0 Å². The molecule has 2 N–H and O–H groups in total. The highest BCUT2D eigenvalue weighted by molar-refractivity contribution is 7.98. The van der Waals surface area contributed by atoms with Crippen LogP contribution in [0.15, 0.2) is 18.3 Å². The summed E-state index contributed by atoms with van der Waals surface area (Å²) in [6, 6.07) is 3.79. The highest BCUT2D eigenvalue weighted by Gasteiger charge is 2.21. The molecule has 104 valence electrons. The van der Waals surface area contributed by atoms with Gasteiger partial charge in [0.15, 0.2) is 0 Å². The topological polar surface area (TPSA) is 62.5 Å².